The molecule has 29 heavy (non-hydrogen) atoms. The summed E-state index contributed by atoms with van der Waals surface area (Å²) in [4.78, 5) is 27.9. The molecule has 1 saturated carbocycles. The van der Waals surface area contributed by atoms with Gasteiger partial charge in [-0.3, -0.25) is 9.59 Å². The van der Waals surface area contributed by atoms with Gasteiger partial charge in [-0.1, -0.05) is 66.9 Å². The first kappa shape index (κ1) is 21.1. The van der Waals surface area contributed by atoms with Crippen molar-refractivity contribution in [2.75, 3.05) is 0 Å². The van der Waals surface area contributed by atoms with Crippen molar-refractivity contribution in [3.63, 3.8) is 0 Å². The van der Waals surface area contributed by atoms with Gasteiger partial charge in [-0.25, -0.2) is 0 Å². The van der Waals surface area contributed by atoms with Crippen LogP contribution in [0.4, 0.5) is 0 Å². The summed E-state index contributed by atoms with van der Waals surface area (Å²) in [6.07, 6.45) is 4.71. The van der Waals surface area contributed by atoms with Crippen LogP contribution in [0.1, 0.15) is 54.9 Å². The fraction of sp³-hybridized carbons (Fsp3) is 0.440. The molecule has 0 heterocycles. The summed E-state index contributed by atoms with van der Waals surface area (Å²) in [5, 5.41) is 3.15. The molecular weight excluding hydrogens is 360 g/mol. The fourth-order valence-corrected chi connectivity index (χ4v) is 4.01. The van der Waals surface area contributed by atoms with Crippen LogP contribution in [-0.4, -0.2) is 28.8 Å². The van der Waals surface area contributed by atoms with Crippen molar-refractivity contribution in [2.45, 2.75) is 71.5 Å². The van der Waals surface area contributed by atoms with Crippen molar-refractivity contribution in [3.05, 3.63) is 70.8 Å². The van der Waals surface area contributed by atoms with E-state index in [9.17, 15) is 9.59 Å². The molecule has 4 heteroatoms. The lowest BCUT2D eigenvalue weighted by molar-refractivity contribution is -0.140. The van der Waals surface area contributed by atoms with E-state index in [-0.39, 0.29) is 17.9 Å². The topological polar surface area (TPSA) is 49.4 Å². The van der Waals surface area contributed by atoms with E-state index in [4.69, 9.17) is 0 Å². The summed E-state index contributed by atoms with van der Waals surface area (Å²) < 4.78 is 0. The average molecular weight is 393 g/mol. The summed E-state index contributed by atoms with van der Waals surface area (Å²) in [5.74, 6) is -0.0706. The van der Waals surface area contributed by atoms with Crippen LogP contribution in [-0.2, 0) is 22.6 Å². The Labute approximate surface area is 174 Å². The molecule has 1 N–H and O–H groups in total. The van der Waals surface area contributed by atoms with Crippen LogP contribution in [0.15, 0.2) is 48.5 Å². The number of rotatable bonds is 7. The van der Waals surface area contributed by atoms with Gasteiger partial charge in [-0.05, 0) is 50.3 Å². The van der Waals surface area contributed by atoms with E-state index in [0.717, 1.165) is 35.1 Å². The van der Waals surface area contributed by atoms with Gasteiger partial charge >= 0.3 is 0 Å². The molecule has 4 nitrogen and oxygen atoms in total. The number of amides is 2. The normalized spacial score (nSPS) is 15.1. The Bertz CT molecular complexity index is 841. The second-order valence-corrected chi connectivity index (χ2v) is 8.28. The summed E-state index contributed by atoms with van der Waals surface area (Å²) in [7, 11) is 0. The van der Waals surface area contributed by atoms with E-state index in [1.165, 1.54) is 12.8 Å². The van der Waals surface area contributed by atoms with Crippen LogP contribution >= 0.6 is 0 Å². The molecule has 0 aliphatic heterocycles. The fourth-order valence-electron chi connectivity index (χ4n) is 4.01. The van der Waals surface area contributed by atoms with Crippen LogP contribution in [0, 0.1) is 13.8 Å². The van der Waals surface area contributed by atoms with Crippen molar-refractivity contribution in [2.24, 2.45) is 0 Å². The monoisotopic (exact) mass is 392 g/mol. The minimum atomic E-state index is -0.506. The van der Waals surface area contributed by atoms with Gasteiger partial charge in [0.1, 0.15) is 6.04 Å². The molecule has 0 spiro atoms. The molecule has 154 valence electrons. The number of nitrogens with zero attached hydrogens (tertiary/aromatic N) is 1. The third kappa shape index (κ3) is 5.69. The number of benzene rings is 2. The van der Waals surface area contributed by atoms with Crippen molar-refractivity contribution in [1.29, 1.82) is 0 Å². The zero-order valence-electron chi connectivity index (χ0n) is 17.8. The summed E-state index contributed by atoms with van der Waals surface area (Å²) >= 11 is 0. The van der Waals surface area contributed by atoms with Gasteiger partial charge in [0.05, 0.1) is 6.42 Å². The zero-order chi connectivity index (χ0) is 20.8. The van der Waals surface area contributed by atoms with Gasteiger partial charge < -0.3 is 10.2 Å². The maximum Gasteiger partial charge on any atom is 0.242 e. The minimum Gasteiger partial charge on any atom is -0.352 e. The molecule has 1 aliphatic carbocycles. The highest BCUT2D eigenvalue weighted by molar-refractivity contribution is 5.88. The number of hydrogen-bond donors (Lipinski definition) is 1. The Morgan fingerprint density at radius 3 is 2.45 bits per heavy atom. The Hall–Kier alpha value is -2.62. The summed E-state index contributed by atoms with van der Waals surface area (Å²) in [5.41, 5.74) is 4.30. The number of carbonyl (C=O) groups excluding carboxylic acids is 2. The smallest absolute Gasteiger partial charge is 0.242 e. The molecule has 2 aromatic carbocycles. The van der Waals surface area contributed by atoms with E-state index in [1.54, 1.807) is 4.90 Å². The van der Waals surface area contributed by atoms with Crippen LogP contribution in [0.25, 0.3) is 0 Å². The van der Waals surface area contributed by atoms with Gasteiger partial charge in [0.25, 0.3) is 0 Å². The molecule has 3 rings (SSSR count). The van der Waals surface area contributed by atoms with Crippen molar-refractivity contribution in [3.8, 4) is 0 Å². The Kier molecular flexibility index (Phi) is 7.08. The highest BCUT2D eigenvalue weighted by Gasteiger charge is 2.28. The SMILES string of the molecule is Cc1ccc(C)c(CC(=O)N(Cc2ccccc2)[C@H](C)C(=O)NC2CCCC2)c1. The molecular formula is C25H32N2O2. The van der Waals surface area contributed by atoms with E-state index in [1.807, 2.05) is 51.1 Å². The molecule has 1 fully saturated rings. The standard InChI is InChI=1S/C25H32N2O2/c1-18-13-14-19(2)22(15-18)16-24(28)27(17-21-9-5-4-6-10-21)20(3)25(29)26-23-11-7-8-12-23/h4-6,9-10,13-15,20,23H,7-8,11-12,16-17H2,1-3H3,(H,26,29)/t20-/m1/s1. The van der Waals surface area contributed by atoms with E-state index >= 15 is 0 Å². The van der Waals surface area contributed by atoms with Crippen LogP contribution in [0.3, 0.4) is 0 Å². The number of hydrogen-bond acceptors (Lipinski definition) is 2. The molecule has 1 atom stereocenters. The molecule has 2 aromatic rings. The highest BCUT2D eigenvalue weighted by Crippen LogP contribution is 2.19. The Balaban J connectivity index is 1.78. The molecule has 0 saturated heterocycles. The average Bonchev–Trinajstić information content (AvgIpc) is 3.22. The highest BCUT2D eigenvalue weighted by atomic mass is 16.2. The molecule has 0 bridgehead atoms. The van der Waals surface area contributed by atoms with Gasteiger partial charge in [-0.15, -0.1) is 0 Å². The quantitative estimate of drug-likeness (QED) is 0.763. The van der Waals surface area contributed by atoms with Gasteiger partial charge in [0.15, 0.2) is 0 Å². The predicted molar refractivity (Wildman–Crippen MR) is 116 cm³/mol. The maximum atomic E-state index is 13.3. The number of nitrogens with one attached hydrogen (secondary N) is 1. The molecule has 1 aliphatic rings. The second kappa shape index (κ2) is 9.73. The lowest BCUT2D eigenvalue weighted by atomic mass is 10.0. The Morgan fingerprint density at radius 1 is 1.07 bits per heavy atom. The molecule has 2 amide bonds. The van der Waals surface area contributed by atoms with E-state index in [0.29, 0.717) is 13.0 Å². The first-order valence-corrected chi connectivity index (χ1v) is 10.6. The second-order valence-electron chi connectivity index (χ2n) is 8.28. The third-order valence-electron chi connectivity index (χ3n) is 5.91. The first-order valence-electron chi connectivity index (χ1n) is 10.6. The number of carbonyl (C=O) groups is 2. The maximum absolute atomic E-state index is 13.3. The largest absolute Gasteiger partial charge is 0.352 e. The van der Waals surface area contributed by atoms with E-state index in [2.05, 4.69) is 23.5 Å². The molecule has 0 unspecified atom stereocenters. The van der Waals surface area contributed by atoms with Crippen molar-refractivity contribution < 1.29 is 9.59 Å². The van der Waals surface area contributed by atoms with Crippen LogP contribution in [0.2, 0.25) is 0 Å². The molecule has 0 radical (unpaired) electrons. The number of aryl methyl sites for hydroxylation is 2. The van der Waals surface area contributed by atoms with Crippen LogP contribution in [0.5, 0.6) is 0 Å². The first-order chi connectivity index (χ1) is 13.9. The van der Waals surface area contributed by atoms with Crippen molar-refractivity contribution in [1.82, 2.24) is 10.2 Å². The van der Waals surface area contributed by atoms with Crippen molar-refractivity contribution >= 4 is 11.8 Å². The lowest BCUT2D eigenvalue weighted by Gasteiger charge is -2.30. The van der Waals surface area contributed by atoms with Crippen LogP contribution < -0.4 is 5.32 Å². The summed E-state index contributed by atoms with van der Waals surface area (Å²) in [6.45, 7) is 6.34. The van der Waals surface area contributed by atoms with E-state index < -0.39 is 6.04 Å². The summed E-state index contributed by atoms with van der Waals surface area (Å²) in [6, 6.07) is 15.8. The zero-order valence-corrected chi connectivity index (χ0v) is 17.8. The minimum absolute atomic E-state index is 0.0170. The van der Waals surface area contributed by atoms with Gasteiger partial charge in [-0.2, -0.15) is 0 Å². The Morgan fingerprint density at radius 2 is 1.76 bits per heavy atom. The van der Waals surface area contributed by atoms with Gasteiger partial charge in [0, 0.05) is 12.6 Å². The third-order valence-corrected chi connectivity index (χ3v) is 5.91. The predicted octanol–water partition coefficient (Wildman–Crippen LogP) is 4.32. The lowest BCUT2D eigenvalue weighted by Crippen LogP contribution is -2.50. The van der Waals surface area contributed by atoms with Gasteiger partial charge in [0.2, 0.25) is 11.8 Å². The molecule has 0 aromatic heterocycles.